The van der Waals surface area contributed by atoms with Crippen LogP contribution in [-0.4, -0.2) is 34.6 Å². The van der Waals surface area contributed by atoms with Crippen molar-refractivity contribution < 1.29 is 4.79 Å². The van der Waals surface area contributed by atoms with Crippen molar-refractivity contribution in [1.82, 2.24) is 4.90 Å². The molecule has 0 saturated carbocycles. The van der Waals surface area contributed by atoms with Gasteiger partial charge in [0.25, 0.3) is 0 Å². The topological polar surface area (TPSA) is 20.3 Å². The first-order valence-electron chi connectivity index (χ1n) is 3.03. The molecular formula is C6H11Cl4NO. The van der Waals surface area contributed by atoms with Gasteiger partial charge in [-0.25, -0.2) is 0 Å². The Balaban J connectivity index is 0. The number of hydrogen-bond acceptors (Lipinski definition) is 1. The molecule has 0 bridgehead atoms. The van der Waals surface area contributed by atoms with Crippen LogP contribution in [0.2, 0.25) is 0 Å². The Morgan fingerprint density at radius 3 is 1.25 bits per heavy atom. The second-order valence-electron chi connectivity index (χ2n) is 2.08. The molecular weight excluding hydrogens is 244 g/mol. The lowest BCUT2D eigenvalue weighted by molar-refractivity contribution is -0.126. The van der Waals surface area contributed by atoms with E-state index in [1.54, 1.807) is 14.1 Å². The van der Waals surface area contributed by atoms with E-state index in [0.29, 0.717) is 0 Å². The molecule has 74 valence electrons. The van der Waals surface area contributed by atoms with E-state index in [4.69, 9.17) is 46.4 Å². The van der Waals surface area contributed by atoms with Gasteiger partial charge in [-0.15, -0.1) is 46.4 Å². The summed E-state index contributed by atoms with van der Waals surface area (Å²) in [6.45, 7) is 1.53. The normalized spacial score (nSPS) is 9.42. The molecule has 0 aromatic heterocycles. The van der Waals surface area contributed by atoms with Crippen LogP contribution in [0, 0.1) is 0 Å². The maximum Gasteiger partial charge on any atom is 0.218 e. The van der Waals surface area contributed by atoms with E-state index < -0.39 is 9.67 Å². The highest BCUT2D eigenvalue weighted by atomic mass is 35.5. The summed E-state index contributed by atoms with van der Waals surface area (Å²) < 4.78 is 0. The first-order chi connectivity index (χ1) is 5.29. The smallest absolute Gasteiger partial charge is 0.218 e. The minimum absolute atomic E-state index is 0.0926. The highest BCUT2D eigenvalue weighted by molar-refractivity contribution is 6.56. The van der Waals surface area contributed by atoms with Gasteiger partial charge in [-0.1, -0.05) is 0 Å². The van der Waals surface area contributed by atoms with Gasteiger partial charge in [-0.2, -0.15) is 0 Å². The molecule has 12 heavy (non-hydrogen) atoms. The number of rotatable bonds is 1. The lowest BCUT2D eigenvalue weighted by Crippen LogP contribution is -2.17. The van der Waals surface area contributed by atoms with E-state index in [1.807, 2.05) is 0 Å². The van der Waals surface area contributed by atoms with Gasteiger partial charge in [0.2, 0.25) is 5.91 Å². The summed E-state index contributed by atoms with van der Waals surface area (Å²) in [6, 6.07) is 0. The number of carbonyl (C=O) groups excluding carboxylic acids is 1. The van der Waals surface area contributed by atoms with E-state index in [-0.39, 0.29) is 5.91 Å². The van der Waals surface area contributed by atoms with Crippen LogP contribution in [0.15, 0.2) is 0 Å². The predicted molar refractivity (Wildman–Crippen MR) is 55.4 cm³/mol. The standard InChI is InChI=1S/C4H9NO.C2H2Cl4/c1-4(6)5(2)3;3-1(4)2(5)6/h1-3H3;1-2H. The Morgan fingerprint density at radius 1 is 1.08 bits per heavy atom. The molecule has 0 heterocycles. The van der Waals surface area contributed by atoms with Gasteiger partial charge in [-0.3, -0.25) is 4.79 Å². The van der Waals surface area contributed by atoms with Crippen molar-refractivity contribution in [3.05, 3.63) is 0 Å². The first kappa shape index (κ1) is 15.1. The quantitative estimate of drug-likeness (QED) is 0.659. The Hall–Kier alpha value is 0.630. The van der Waals surface area contributed by atoms with Crippen LogP contribution >= 0.6 is 46.4 Å². The van der Waals surface area contributed by atoms with Gasteiger partial charge < -0.3 is 4.90 Å². The molecule has 1 amide bonds. The van der Waals surface area contributed by atoms with Crippen molar-refractivity contribution in [2.75, 3.05) is 14.1 Å². The molecule has 0 N–H and O–H groups in total. The summed E-state index contributed by atoms with van der Waals surface area (Å²) in [6.07, 6.45) is 0. The summed E-state index contributed by atoms with van der Waals surface area (Å²) in [5.74, 6) is 0.0926. The summed E-state index contributed by atoms with van der Waals surface area (Å²) >= 11 is 20.5. The van der Waals surface area contributed by atoms with Crippen molar-refractivity contribution in [2.45, 2.75) is 16.6 Å². The van der Waals surface area contributed by atoms with Crippen LogP contribution < -0.4 is 0 Å². The molecule has 0 spiro atoms. The van der Waals surface area contributed by atoms with Gasteiger partial charge >= 0.3 is 0 Å². The molecule has 0 unspecified atom stereocenters. The second kappa shape index (κ2) is 8.24. The maximum absolute atomic E-state index is 10.1. The summed E-state index contributed by atoms with van der Waals surface area (Å²) in [4.78, 5) is 10.3. The molecule has 0 saturated heterocycles. The largest absolute Gasteiger partial charge is 0.349 e. The van der Waals surface area contributed by atoms with Crippen LogP contribution in [0.3, 0.4) is 0 Å². The minimum atomic E-state index is -0.673. The monoisotopic (exact) mass is 253 g/mol. The molecule has 2 nitrogen and oxygen atoms in total. The Labute approximate surface area is 92.7 Å². The SMILES string of the molecule is CC(=O)N(C)C.ClC(Cl)C(Cl)Cl. The Kier molecular flexibility index (Phi) is 10.4. The van der Waals surface area contributed by atoms with Gasteiger partial charge in [0.15, 0.2) is 0 Å². The first-order valence-corrected chi connectivity index (χ1v) is 4.77. The number of carbonyl (C=O) groups is 1. The third-order valence-corrected chi connectivity index (χ3v) is 2.34. The van der Waals surface area contributed by atoms with E-state index in [9.17, 15) is 4.79 Å². The van der Waals surface area contributed by atoms with Crippen molar-refractivity contribution in [2.24, 2.45) is 0 Å². The zero-order chi connectivity index (χ0) is 10.3. The van der Waals surface area contributed by atoms with Gasteiger partial charge in [0.1, 0.15) is 9.67 Å². The van der Waals surface area contributed by atoms with Gasteiger partial charge in [-0.05, 0) is 0 Å². The van der Waals surface area contributed by atoms with Crippen LogP contribution in [0.25, 0.3) is 0 Å². The summed E-state index contributed by atoms with van der Waals surface area (Å²) in [5, 5.41) is 0. The van der Waals surface area contributed by atoms with E-state index in [1.165, 1.54) is 11.8 Å². The average molecular weight is 255 g/mol. The lowest BCUT2D eigenvalue weighted by atomic mass is 10.7. The number of amides is 1. The molecule has 0 aromatic rings. The molecule has 0 rings (SSSR count). The molecule has 0 aliphatic rings. The molecule has 0 fully saturated rings. The molecule has 6 heteroatoms. The number of alkyl halides is 4. The zero-order valence-electron chi connectivity index (χ0n) is 7.02. The third-order valence-electron chi connectivity index (χ3n) is 0.820. The fourth-order valence-corrected chi connectivity index (χ4v) is 0. The fourth-order valence-electron chi connectivity index (χ4n) is 0. The number of hydrogen-bond donors (Lipinski definition) is 0. The molecule has 0 atom stereocenters. The second-order valence-corrected chi connectivity index (χ2v) is 4.41. The summed E-state index contributed by atoms with van der Waals surface area (Å²) in [5.41, 5.74) is 0. The molecule has 0 radical (unpaired) electrons. The van der Waals surface area contributed by atoms with E-state index in [2.05, 4.69) is 0 Å². The van der Waals surface area contributed by atoms with Crippen LogP contribution in [-0.2, 0) is 4.79 Å². The van der Waals surface area contributed by atoms with Gasteiger partial charge in [0, 0.05) is 21.0 Å². The number of nitrogens with zero attached hydrogens (tertiary/aromatic N) is 1. The predicted octanol–water partition coefficient (Wildman–Crippen LogP) is 2.69. The zero-order valence-corrected chi connectivity index (χ0v) is 10.0. The maximum atomic E-state index is 10.1. The fraction of sp³-hybridized carbons (Fsp3) is 0.833. The third kappa shape index (κ3) is 13.2. The van der Waals surface area contributed by atoms with Crippen LogP contribution in [0.1, 0.15) is 6.92 Å². The van der Waals surface area contributed by atoms with Crippen LogP contribution in [0.4, 0.5) is 0 Å². The van der Waals surface area contributed by atoms with Crippen molar-refractivity contribution >= 4 is 52.3 Å². The molecule has 0 aliphatic carbocycles. The minimum Gasteiger partial charge on any atom is -0.349 e. The van der Waals surface area contributed by atoms with Crippen molar-refractivity contribution in [3.8, 4) is 0 Å². The Morgan fingerprint density at radius 2 is 1.25 bits per heavy atom. The van der Waals surface area contributed by atoms with Crippen molar-refractivity contribution in [3.63, 3.8) is 0 Å². The highest BCUT2D eigenvalue weighted by Crippen LogP contribution is 2.16. The van der Waals surface area contributed by atoms with Crippen LogP contribution in [0.5, 0.6) is 0 Å². The van der Waals surface area contributed by atoms with E-state index >= 15 is 0 Å². The van der Waals surface area contributed by atoms with E-state index in [0.717, 1.165) is 0 Å². The van der Waals surface area contributed by atoms with Gasteiger partial charge in [0.05, 0.1) is 0 Å². The Bertz CT molecular complexity index is 121. The molecule has 0 aliphatic heterocycles. The average Bonchev–Trinajstić information content (AvgIpc) is 1.88. The number of halogens is 4. The molecule has 0 aromatic carbocycles. The highest BCUT2D eigenvalue weighted by Gasteiger charge is 2.06. The lowest BCUT2D eigenvalue weighted by Gasteiger charge is -2.02. The summed E-state index contributed by atoms with van der Waals surface area (Å²) in [7, 11) is 3.45. The van der Waals surface area contributed by atoms with Crippen molar-refractivity contribution in [1.29, 1.82) is 0 Å².